The van der Waals surface area contributed by atoms with Gasteiger partial charge in [0.2, 0.25) is 0 Å². The van der Waals surface area contributed by atoms with E-state index in [2.05, 4.69) is 29.2 Å². The van der Waals surface area contributed by atoms with E-state index in [0.29, 0.717) is 48.6 Å². The van der Waals surface area contributed by atoms with Gasteiger partial charge in [-0.25, -0.2) is 14.6 Å². The molecule has 0 unspecified atom stereocenters. The molecule has 1 amide bonds. The molecule has 182 valence electrons. The van der Waals surface area contributed by atoms with E-state index in [9.17, 15) is 4.79 Å². The number of anilines is 1. The number of fused-ring (bicyclic) bond motifs is 1. The average molecular weight is 487 g/mol. The van der Waals surface area contributed by atoms with Gasteiger partial charge >= 0.3 is 0 Å². The number of carbonyl (C=O) groups excluding carboxylic acids is 1. The molecule has 34 heavy (non-hydrogen) atoms. The first kappa shape index (κ1) is 24.1. The lowest BCUT2D eigenvalue weighted by atomic mass is 10.2. The Bertz CT molecular complexity index is 1120. The van der Waals surface area contributed by atoms with Crippen LogP contribution in [0.3, 0.4) is 0 Å². The summed E-state index contributed by atoms with van der Waals surface area (Å²) in [5.41, 5.74) is 1.23. The maximum atomic E-state index is 12.7. The molecule has 1 aromatic carbocycles. The third kappa shape index (κ3) is 5.53. The van der Waals surface area contributed by atoms with Crippen molar-refractivity contribution in [3.63, 3.8) is 0 Å². The van der Waals surface area contributed by atoms with E-state index in [1.807, 2.05) is 4.68 Å². The summed E-state index contributed by atoms with van der Waals surface area (Å²) in [7, 11) is 3.11. The number of hydrogen-bond donors (Lipinski definition) is 1. The summed E-state index contributed by atoms with van der Waals surface area (Å²) < 4.78 is 17.8. The number of nitrogens with one attached hydrogen (secondary N) is 1. The molecule has 0 aliphatic carbocycles. The fraction of sp³-hybridized carbons (Fsp3) is 0.478. The molecule has 10 nitrogen and oxygen atoms in total. The summed E-state index contributed by atoms with van der Waals surface area (Å²) in [5, 5.41) is 9.47. The van der Waals surface area contributed by atoms with Crippen LogP contribution in [0.2, 0.25) is 0 Å². The van der Waals surface area contributed by atoms with E-state index in [0.717, 1.165) is 35.1 Å². The first-order valence-electron chi connectivity index (χ1n) is 11.2. The summed E-state index contributed by atoms with van der Waals surface area (Å²) in [6.07, 6.45) is 1.80. The summed E-state index contributed by atoms with van der Waals surface area (Å²) in [6.45, 7) is 8.01. The maximum Gasteiger partial charge on any atom is 0.251 e. The van der Waals surface area contributed by atoms with Crippen molar-refractivity contribution in [2.24, 2.45) is 0 Å². The fourth-order valence-corrected chi connectivity index (χ4v) is 4.38. The zero-order valence-corrected chi connectivity index (χ0v) is 20.7. The Morgan fingerprint density at radius 1 is 1.15 bits per heavy atom. The van der Waals surface area contributed by atoms with Crippen molar-refractivity contribution in [1.29, 1.82) is 0 Å². The highest BCUT2D eigenvalue weighted by atomic mass is 32.2. The number of carbonyl (C=O) groups is 1. The normalized spacial score (nSPS) is 14.0. The summed E-state index contributed by atoms with van der Waals surface area (Å²) >= 11 is 1.62. The number of morpholine rings is 1. The number of hydrogen-bond acceptors (Lipinski definition) is 9. The van der Waals surface area contributed by atoms with Gasteiger partial charge in [0.25, 0.3) is 5.91 Å². The number of nitrogens with zero attached hydrogens (tertiary/aromatic N) is 5. The molecule has 1 aliphatic heterocycles. The van der Waals surface area contributed by atoms with Crippen LogP contribution in [0.25, 0.3) is 11.0 Å². The summed E-state index contributed by atoms with van der Waals surface area (Å²) in [5.74, 6) is 1.79. The molecule has 0 spiro atoms. The minimum Gasteiger partial charge on any atom is -0.497 e. The lowest BCUT2D eigenvalue weighted by molar-refractivity contribution is 0.0951. The van der Waals surface area contributed by atoms with Gasteiger partial charge in [-0.1, -0.05) is 25.6 Å². The molecular formula is C23H30N6O4S. The van der Waals surface area contributed by atoms with Gasteiger partial charge < -0.3 is 24.4 Å². The van der Waals surface area contributed by atoms with Crippen molar-refractivity contribution < 1.29 is 19.0 Å². The molecule has 3 aromatic rings. The smallest absolute Gasteiger partial charge is 0.251 e. The molecule has 4 rings (SSSR count). The van der Waals surface area contributed by atoms with Crippen LogP contribution in [-0.2, 0) is 11.3 Å². The van der Waals surface area contributed by atoms with E-state index in [4.69, 9.17) is 24.2 Å². The first-order chi connectivity index (χ1) is 16.5. The minimum atomic E-state index is -0.214. The predicted molar refractivity (Wildman–Crippen MR) is 131 cm³/mol. The lowest BCUT2D eigenvalue weighted by Gasteiger charge is -2.28. The molecule has 1 saturated heterocycles. The van der Waals surface area contributed by atoms with E-state index >= 15 is 0 Å². The van der Waals surface area contributed by atoms with Crippen LogP contribution in [-0.4, -0.2) is 78.0 Å². The number of ether oxygens (including phenoxy) is 3. The number of aromatic nitrogens is 4. The summed E-state index contributed by atoms with van der Waals surface area (Å²) in [6, 6.07) is 5.09. The molecule has 11 heteroatoms. The number of rotatable bonds is 9. The Labute approximate surface area is 203 Å². The Balaban J connectivity index is 1.52. The van der Waals surface area contributed by atoms with Gasteiger partial charge in [0.15, 0.2) is 10.8 Å². The Morgan fingerprint density at radius 3 is 2.50 bits per heavy atom. The SMILES string of the molecule is COc1cc(OC)cc(C(=O)NCCn2ncc3c(N4CCOCC4)nc(SC(C)C)nc32)c1. The highest BCUT2D eigenvalue weighted by Crippen LogP contribution is 2.29. The Kier molecular flexibility index (Phi) is 7.73. The second-order valence-corrected chi connectivity index (χ2v) is 9.60. The first-order valence-corrected chi connectivity index (χ1v) is 12.1. The molecule has 0 atom stereocenters. The van der Waals surface area contributed by atoms with Crippen molar-refractivity contribution in [2.75, 3.05) is 52.0 Å². The van der Waals surface area contributed by atoms with Crippen LogP contribution in [0.4, 0.5) is 5.82 Å². The molecule has 0 saturated carbocycles. The number of methoxy groups -OCH3 is 2. The largest absolute Gasteiger partial charge is 0.497 e. The van der Waals surface area contributed by atoms with Gasteiger partial charge in [-0.05, 0) is 12.1 Å². The minimum absolute atomic E-state index is 0.214. The molecule has 0 bridgehead atoms. The van der Waals surface area contributed by atoms with Crippen LogP contribution in [0, 0.1) is 0 Å². The fourth-order valence-electron chi connectivity index (χ4n) is 3.68. The second-order valence-electron chi connectivity index (χ2n) is 8.06. The molecule has 3 heterocycles. The molecule has 1 aliphatic rings. The van der Waals surface area contributed by atoms with Crippen molar-refractivity contribution >= 4 is 34.5 Å². The van der Waals surface area contributed by atoms with Crippen LogP contribution >= 0.6 is 11.8 Å². The zero-order chi connectivity index (χ0) is 24.1. The van der Waals surface area contributed by atoms with Gasteiger partial charge in [-0.2, -0.15) is 5.10 Å². The standard InChI is InChI=1S/C23H30N6O4S/c1-15(2)34-23-26-20(28-7-9-33-10-8-28)19-14-25-29(21(19)27-23)6-5-24-22(30)16-11-17(31-3)13-18(12-16)32-4/h11-15H,5-10H2,1-4H3,(H,24,30). The van der Waals surface area contributed by atoms with Crippen molar-refractivity contribution in [3.8, 4) is 11.5 Å². The van der Waals surface area contributed by atoms with Crippen molar-refractivity contribution in [3.05, 3.63) is 30.0 Å². The van der Waals surface area contributed by atoms with E-state index in [1.165, 1.54) is 0 Å². The van der Waals surface area contributed by atoms with Crippen LogP contribution in [0.5, 0.6) is 11.5 Å². The monoisotopic (exact) mass is 486 g/mol. The molecule has 0 radical (unpaired) electrons. The van der Waals surface area contributed by atoms with E-state index in [-0.39, 0.29) is 5.91 Å². The lowest BCUT2D eigenvalue weighted by Crippen LogP contribution is -2.37. The molecule has 2 aromatic heterocycles. The highest BCUT2D eigenvalue weighted by Gasteiger charge is 2.21. The average Bonchev–Trinajstić information content (AvgIpc) is 3.26. The van der Waals surface area contributed by atoms with Crippen molar-refractivity contribution in [1.82, 2.24) is 25.1 Å². The number of benzene rings is 1. The summed E-state index contributed by atoms with van der Waals surface area (Å²) in [4.78, 5) is 24.5. The third-order valence-corrected chi connectivity index (χ3v) is 6.19. The van der Waals surface area contributed by atoms with E-state index in [1.54, 1.807) is 50.4 Å². The third-order valence-electron chi connectivity index (χ3n) is 5.33. The van der Waals surface area contributed by atoms with Crippen LogP contribution < -0.4 is 19.7 Å². The van der Waals surface area contributed by atoms with Crippen LogP contribution in [0.15, 0.2) is 29.6 Å². The van der Waals surface area contributed by atoms with Gasteiger partial charge in [-0.15, -0.1) is 0 Å². The molecule has 1 N–H and O–H groups in total. The van der Waals surface area contributed by atoms with Gasteiger partial charge in [0.05, 0.1) is 45.6 Å². The van der Waals surface area contributed by atoms with E-state index < -0.39 is 0 Å². The zero-order valence-electron chi connectivity index (χ0n) is 19.9. The topological polar surface area (TPSA) is 104 Å². The van der Waals surface area contributed by atoms with Gasteiger partial charge in [0.1, 0.15) is 17.3 Å². The Morgan fingerprint density at radius 2 is 1.85 bits per heavy atom. The highest BCUT2D eigenvalue weighted by molar-refractivity contribution is 7.99. The Hall–Kier alpha value is -3.05. The number of amides is 1. The molecule has 1 fully saturated rings. The second kappa shape index (κ2) is 10.9. The molecular weight excluding hydrogens is 456 g/mol. The predicted octanol–water partition coefficient (Wildman–Crippen LogP) is 2.61. The quantitative estimate of drug-likeness (QED) is 0.361. The van der Waals surface area contributed by atoms with Gasteiger partial charge in [-0.3, -0.25) is 4.79 Å². The van der Waals surface area contributed by atoms with Crippen molar-refractivity contribution in [2.45, 2.75) is 30.8 Å². The maximum absolute atomic E-state index is 12.7. The number of thioether (sulfide) groups is 1. The van der Waals surface area contributed by atoms with Gasteiger partial charge in [0, 0.05) is 36.5 Å². The van der Waals surface area contributed by atoms with Crippen LogP contribution in [0.1, 0.15) is 24.2 Å².